The van der Waals surface area contributed by atoms with E-state index in [0.717, 1.165) is 11.1 Å². The SMILES string of the molecule is CCOC(=O)OC1=C(NCCc2ccccc2)C2(CC1=O)C(=O)N=C1C(C)=CC=CN12. The summed E-state index contributed by atoms with van der Waals surface area (Å²) in [6, 6.07) is 9.80. The predicted octanol–water partition coefficient (Wildman–Crippen LogP) is 2.63. The fourth-order valence-electron chi connectivity index (χ4n) is 4.01. The summed E-state index contributed by atoms with van der Waals surface area (Å²) in [5, 5.41) is 3.21. The lowest BCUT2D eigenvalue weighted by Crippen LogP contribution is -2.53. The van der Waals surface area contributed by atoms with Gasteiger partial charge in [-0.15, -0.1) is 0 Å². The van der Waals surface area contributed by atoms with Crippen molar-refractivity contribution >= 4 is 23.7 Å². The second kappa shape index (κ2) is 8.22. The molecule has 1 amide bonds. The van der Waals surface area contributed by atoms with Crippen LogP contribution in [-0.2, 0) is 25.5 Å². The molecule has 1 unspecified atom stereocenters. The second-order valence-corrected chi connectivity index (χ2v) is 7.41. The number of nitrogens with zero attached hydrogens (tertiary/aromatic N) is 2. The molecule has 1 spiro atoms. The number of aliphatic imine (C=N–C) groups is 1. The molecule has 0 radical (unpaired) electrons. The fourth-order valence-corrected chi connectivity index (χ4v) is 4.01. The van der Waals surface area contributed by atoms with Crippen LogP contribution in [-0.4, -0.2) is 47.3 Å². The maximum absolute atomic E-state index is 13.2. The molecule has 1 aromatic rings. The van der Waals surface area contributed by atoms with E-state index in [1.54, 1.807) is 24.1 Å². The predicted molar refractivity (Wildman–Crippen MR) is 113 cm³/mol. The summed E-state index contributed by atoms with van der Waals surface area (Å²) >= 11 is 0. The van der Waals surface area contributed by atoms with Crippen LogP contribution in [0.3, 0.4) is 0 Å². The molecule has 2 aliphatic heterocycles. The van der Waals surface area contributed by atoms with Crippen molar-refractivity contribution in [2.75, 3.05) is 13.2 Å². The van der Waals surface area contributed by atoms with Crippen LogP contribution >= 0.6 is 0 Å². The van der Waals surface area contributed by atoms with Gasteiger partial charge in [-0.3, -0.25) is 9.59 Å². The third-order valence-corrected chi connectivity index (χ3v) is 5.45. The molecule has 1 aromatic carbocycles. The van der Waals surface area contributed by atoms with Gasteiger partial charge in [0.2, 0.25) is 5.78 Å². The number of hydrogen-bond acceptors (Lipinski definition) is 7. The Morgan fingerprint density at radius 2 is 2.03 bits per heavy atom. The highest BCUT2D eigenvalue weighted by Crippen LogP contribution is 2.43. The molecule has 1 atom stereocenters. The Labute approximate surface area is 179 Å². The van der Waals surface area contributed by atoms with E-state index in [1.807, 2.05) is 43.3 Å². The molecule has 2 heterocycles. The van der Waals surface area contributed by atoms with Gasteiger partial charge in [0.05, 0.1) is 18.7 Å². The number of carbonyl (C=O) groups excluding carboxylic acids is 3. The molecular formula is C23H23N3O5. The number of benzene rings is 1. The summed E-state index contributed by atoms with van der Waals surface area (Å²) in [6.07, 6.45) is 4.85. The van der Waals surface area contributed by atoms with Crippen molar-refractivity contribution in [3.63, 3.8) is 0 Å². The Hall–Kier alpha value is -3.68. The summed E-state index contributed by atoms with van der Waals surface area (Å²) in [7, 11) is 0. The van der Waals surface area contributed by atoms with E-state index in [1.165, 1.54) is 0 Å². The highest BCUT2D eigenvalue weighted by molar-refractivity contribution is 6.19. The first-order valence-electron chi connectivity index (χ1n) is 10.2. The van der Waals surface area contributed by atoms with Gasteiger partial charge in [0, 0.05) is 12.7 Å². The maximum atomic E-state index is 13.2. The Balaban J connectivity index is 1.69. The molecular weight excluding hydrogens is 398 g/mol. The van der Waals surface area contributed by atoms with E-state index in [2.05, 4.69) is 10.3 Å². The van der Waals surface area contributed by atoms with Crippen LogP contribution in [0.5, 0.6) is 0 Å². The molecule has 3 aliphatic rings. The summed E-state index contributed by atoms with van der Waals surface area (Å²) in [5.74, 6) is -0.641. The van der Waals surface area contributed by atoms with Gasteiger partial charge in [-0.25, -0.2) is 4.79 Å². The largest absolute Gasteiger partial charge is 0.514 e. The Morgan fingerprint density at radius 1 is 1.26 bits per heavy atom. The second-order valence-electron chi connectivity index (χ2n) is 7.41. The minimum absolute atomic E-state index is 0.104. The van der Waals surface area contributed by atoms with Crippen LogP contribution in [0.25, 0.3) is 0 Å². The lowest BCUT2D eigenvalue weighted by molar-refractivity contribution is -0.126. The van der Waals surface area contributed by atoms with Crippen LogP contribution in [0.2, 0.25) is 0 Å². The van der Waals surface area contributed by atoms with Crippen molar-refractivity contribution in [2.45, 2.75) is 32.2 Å². The Kier molecular flexibility index (Phi) is 5.46. The molecule has 0 aromatic heterocycles. The van der Waals surface area contributed by atoms with E-state index in [9.17, 15) is 14.4 Å². The molecule has 1 N–H and O–H groups in total. The number of rotatable bonds is 6. The summed E-state index contributed by atoms with van der Waals surface area (Å²) < 4.78 is 10.1. The van der Waals surface area contributed by atoms with E-state index < -0.39 is 23.4 Å². The molecule has 0 saturated heterocycles. The summed E-state index contributed by atoms with van der Waals surface area (Å²) in [6.45, 7) is 4.02. The third kappa shape index (κ3) is 3.54. The average Bonchev–Trinajstić information content (AvgIpc) is 3.19. The van der Waals surface area contributed by atoms with Crippen molar-refractivity contribution < 1.29 is 23.9 Å². The van der Waals surface area contributed by atoms with Gasteiger partial charge in [0.15, 0.2) is 11.3 Å². The molecule has 8 nitrogen and oxygen atoms in total. The number of ketones is 1. The van der Waals surface area contributed by atoms with E-state index >= 15 is 0 Å². The Morgan fingerprint density at radius 3 is 2.77 bits per heavy atom. The zero-order valence-electron chi connectivity index (χ0n) is 17.4. The third-order valence-electron chi connectivity index (χ3n) is 5.45. The van der Waals surface area contributed by atoms with Crippen molar-refractivity contribution in [2.24, 2.45) is 4.99 Å². The lowest BCUT2D eigenvalue weighted by atomic mass is 9.92. The smallest absolute Gasteiger partial charge is 0.434 e. The van der Waals surface area contributed by atoms with Gasteiger partial charge in [-0.05, 0) is 37.5 Å². The maximum Gasteiger partial charge on any atom is 0.514 e. The normalized spacial score (nSPS) is 21.9. The van der Waals surface area contributed by atoms with Crippen molar-refractivity contribution in [3.8, 4) is 0 Å². The fraction of sp³-hybridized carbons (Fsp3) is 0.304. The van der Waals surface area contributed by atoms with E-state index in [0.29, 0.717) is 18.8 Å². The average molecular weight is 421 g/mol. The van der Waals surface area contributed by atoms with Gasteiger partial charge in [0.25, 0.3) is 5.91 Å². The quantitative estimate of drug-likeness (QED) is 0.705. The number of Topliss-reactive ketones (excluding diaryl/α,β-unsaturated/α-hetero) is 1. The van der Waals surface area contributed by atoms with E-state index in [-0.39, 0.29) is 24.5 Å². The number of amidine groups is 1. The number of nitrogens with one attached hydrogen (secondary N) is 1. The molecule has 0 fully saturated rings. The van der Waals surface area contributed by atoms with Gasteiger partial charge < -0.3 is 19.7 Å². The van der Waals surface area contributed by atoms with Crippen LogP contribution in [0, 0.1) is 0 Å². The zero-order valence-corrected chi connectivity index (χ0v) is 17.4. The van der Waals surface area contributed by atoms with E-state index in [4.69, 9.17) is 9.47 Å². The minimum atomic E-state index is -1.39. The number of allylic oxidation sites excluding steroid dienone is 3. The molecule has 0 saturated carbocycles. The number of hydrogen-bond donors (Lipinski definition) is 1. The van der Waals surface area contributed by atoms with Gasteiger partial charge in [0.1, 0.15) is 5.84 Å². The first-order chi connectivity index (χ1) is 15.0. The molecule has 8 heteroatoms. The summed E-state index contributed by atoms with van der Waals surface area (Å²) in [4.78, 5) is 44.0. The van der Waals surface area contributed by atoms with Crippen LogP contribution in [0.15, 0.2) is 70.7 Å². The highest BCUT2D eigenvalue weighted by Gasteiger charge is 2.60. The monoisotopic (exact) mass is 421 g/mol. The molecule has 160 valence electrons. The van der Waals surface area contributed by atoms with Crippen LogP contribution in [0.4, 0.5) is 4.79 Å². The molecule has 31 heavy (non-hydrogen) atoms. The molecule has 0 bridgehead atoms. The number of ether oxygens (including phenoxy) is 2. The van der Waals surface area contributed by atoms with Crippen LogP contribution in [0.1, 0.15) is 25.8 Å². The van der Waals surface area contributed by atoms with Gasteiger partial charge >= 0.3 is 6.16 Å². The first-order valence-corrected chi connectivity index (χ1v) is 10.2. The first kappa shape index (κ1) is 20.6. The summed E-state index contributed by atoms with van der Waals surface area (Å²) in [5.41, 5.74) is 0.748. The minimum Gasteiger partial charge on any atom is -0.434 e. The van der Waals surface area contributed by atoms with Gasteiger partial charge in [-0.2, -0.15) is 4.99 Å². The number of amides is 1. The van der Waals surface area contributed by atoms with Crippen molar-refractivity contribution in [3.05, 3.63) is 71.3 Å². The highest BCUT2D eigenvalue weighted by atomic mass is 16.7. The lowest BCUT2D eigenvalue weighted by Gasteiger charge is -2.35. The van der Waals surface area contributed by atoms with Crippen molar-refractivity contribution in [1.82, 2.24) is 10.2 Å². The van der Waals surface area contributed by atoms with Crippen LogP contribution < -0.4 is 5.32 Å². The van der Waals surface area contributed by atoms with Gasteiger partial charge in [-0.1, -0.05) is 36.4 Å². The zero-order chi connectivity index (χ0) is 22.0. The number of fused-ring (bicyclic) bond motifs is 2. The standard InChI is InChI=1S/C23H23N3O5/c1-3-30-22(29)31-18-17(27)14-23(19(18)24-12-11-16-9-5-4-6-10-16)21(28)25-20-15(2)8-7-13-26(20)23/h4-10,13,24H,3,11-12,14H2,1-2H3. The topological polar surface area (TPSA) is 97.3 Å². The molecule has 4 rings (SSSR count). The molecule has 1 aliphatic carbocycles. The Bertz CT molecular complexity index is 1050. The number of carbonyl (C=O) groups is 3. The van der Waals surface area contributed by atoms with Crippen molar-refractivity contribution in [1.29, 1.82) is 0 Å².